The van der Waals surface area contributed by atoms with Crippen LogP contribution in [0.25, 0.3) is 11.0 Å². The smallest absolute Gasteiger partial charge is 0.238 e. The molecule has 150 valence electrons. The summed E-state index contributed by atoms with van der Waals surface area (Å²) in [4.78, 5) is 19.7. The molecule has 0 bridgehead atoms. The van der Waals surface area contributed by atoms with Gasteiger partial charge < -0.3 is 15.6 Å². The van der Waals surface area contributed by atoms with Crippen molar-refractivity contribution in [2.45, 2.75) is 19.3 Å². The van der Waals surface area contributed by atoms with E-state index < -0.39 is 0 Å². The van der Waals surface area contributed by atoms with E-state index in [2.05, 4.69) is 20.6 Å². The van der Waals surface area contributed by atoms with Crippen LogP contribution >= 0.6 is 24.8 Å². The zero-order chi connectivity index (χ0) is 17.9. The minimum Gasteiger partial charge on any atom is -0.342 e. The number of amides is 1. The van der Waals surface area contributed by atoms with Gasteiger partial charge in [0.1, 0.15) is 11.6 Å². The first-order valence-corrected chi connectivity index (χ1v) is 8.90. The normalized spacial score (nSPS) is 12.9. The van der Waals surface area contributed by atoms with Crippen LogP contribution in [-0.2, 0) is 11.2 Å². The van der Waals surface area contributed by atoms with Gasteiger partial charge in [-0.1, -0.05) is 18.2 Å². The van der Waals surface area contributed by atoms with E-state index in [4.69, 9.17) is 0 Å². The number of rotatable bonds is 7. The van der Waals surface area contributed by atoms with E-state index in [1.54, 1.807) is 12.1 Å². The molecule has 0 aliphatic heterocycles. The van der Waals surface area contributed by atoms with Crippen LogP contribution in [0.1, 0.15) is 24.2 Å². The van der Waals surface area contributed by atoms with Crippen molar-refractivity contribution in [1.82, 2.24) is 15.3 Å². The van der Waals surface area contributed by atoms with Gasteiger partial charge >= 0.3 is 0 Å². The molecule has 0 unspecified atom stereocenters. The largest absolute Gasteiger partial charge is 0.342 e. The van der Waals surface area contributed by atoms with Crippen LogP contribution in [0.4, 0.5) is 10.1 Å². The van der Waals surface area contributed by atoms with Crippen LogP contribution in [0.2, 0.25) is 0 Å². The summed E-state index contributed by atoms with van der Waals surface area (Å²) in [6.07, 6.45) is 2.93. The van der Waals surface area contributed by atoms with Gasteiger partial charge in [0.05, 0.1) is 17.6 Å². The van der Waals surface area contributed by atoms with Gasteiger partial charge in [-0.25, -0.2) is 9.37 Å². The molecular weight excluding hydrogens is 402 g/mol. The fraction of sp³-hybridized carbons (Fsp3) is 0.300. The highest BCUT2D eigenvalue weighted by molar-refractivity contribution is 5.94. The number of halogens is 3. The SMILES string of the molecule is Cl.Cl.O=C(CNCC1CC1)Nc1ccc2nc(Cc3ccccc3F)[nH]c2c1. The second-order valence-corrected chi connectivity index (χ2v) is 6.81. The molecule has 2 aromatic carbocycles. The van der Waals surface area contributed by atoms with Crippen molar-refractivity contribution < 1.29 is 9.18 Å². The lowest BCUT2D eigenvalue weighted by atomic mass is 10.1. The average Bonchev–Trinajstić information content (AvgIpc) is 3.35. The lowest BCUT2D eigenvalue weighted by molar-refractivity contribution is -0.115. The number of anilines is 1. The number of aromatic nitrogens is 2. The predicted octanol–water partition coefficient (Wildman–Crippen LogP) is 4.07. The van der Waals surface area contributed by atoms with Crippen LogP contribution in [0.3, 0.4) is 0 Å². The number of hydrogen-bond acceptors (Lipinski definition) is 3. The summed E-state index contributed by atoms with van der Waals surface area (Å²) in [6.45, 7) is 1.22. The van der Waals surface area contributed by atoms with Crippen LogP contribution < -0.4 is 10.6 Å². The van der Waals surface area contributed by atoms with E-state index in [9.17, 15) is 9.18 Å². The van der Waals surface area contributed by atoms with E-state index in [1.165, 1.54) is 18.9 Å². The third-order valence-electron chi connectivity index (χ3n) is 4.55. The standard InChI is InChI=1S/C20H21FN4O.2ClH/c21-16-4-2-1-3-14(16)9-19-24-17-8-7-15(10-18(17)25-19)23-20(26)12-22-11-13-5-6-13;;/h1-4,7-8,10,13,22H,5-6,9,11-12H2,(H,23,26)(H,24,25);2*1H. The summed E-state index contributed by atoms with van der Waals surface area (Å²) in [5.41, 5.74) is 2.93. The summed E-state index contributed by atoms with van der Waals surface area (Å²) < 4.78 is 13.8. The molecule has 1 aliphatic rings. The number of carbonyl (C=O) groups excluding carboxylic acids is 1. The van der Waals surface area contributed by atoms with Crippen molar-refractivity contribution in [2.75, 3.05) is 18.4 Å². The Kier molecular flexibility index (Phi) is 7.80. The lowest BCUT2D eigenvalue weighted by Gasteiger charge is -2.06. The minimum absolute atomic E-state index is 0. The number of imidazole rings is 1. The van der Waals surface area contributed by atoms with Crippen molar-refractivity contribution in [3.8, 4) is 0 Å². The highest BCUT2D eigenvalue weighted by atomic mass is 35.5. The zero-order valence-corrected chi connectivity index (χ0v) is 16.8. The van der Waals surface area contributed by atoms with Crippen molar-refractivity contribution in [1.29, 1.82) is 0 Å². The van der Waals surface area contributed by atoms with Gasteiger partial charge in [0.15, 0.2) is 0 Å². The maximum absolute atomic E-state index is 13.8. The van der Waals surface area contributed by atoms with E-state index >= 15 is 0 Å². The summed E-state index contributed by atoms with van der Waals surface area (Å²) in [5.74, 6) is 1.15. The molecule has 5 nitrogen and oxygen atoms in total. The first-order valence-electron chi connectivity index (χ1n) is 8.90. The number of carbonyl (C=O) groups is 1. The van der Waals surface area contributed by atoms with Gasteiger partial charge in [-0.15, -0.1) is 24.8 Å². The van der Waals surface area contributed by atoms with Gasteiger partial charge in [0, 0.05) is 12.1 Å². The quantitative estimate of drug-likeness (QED) is 0.535. The molecule has 28 heavy (non-hydrogen) atoms. The van der Waals surface area contributed by atoms with Gasteiger partial charge in [-0.3, -0.25) is 4.79 Å². The summed E-state index contributed by atoms with van der Waals surface area (Å²) in [6, 6.07) is 12.2. The third-order valence-corrected chi connectivity index (χ3v) is 4.55. The monoisotopic (exact) mass is 424 g/mol. The van der Waals surface area contributed by atoms with Crippen LogP contribution in [0, 0.1) is 11.7 Å². The molecule has 8 heteroatoms. The lowest BCUT2D eigenvalue weighted by Crippen LogP contribution is -2.29. The van der Waals surface area contributed by atoms with Crippen LogP contribution in [0.5, 0.6) is 0 Å². The molecule has 1 amide bonds. The molecule has 1 saturated carbocycles. The third kappa shape index (κ3) is 5.67. The van der Waals surface area contributed by atoms with Crippen molar-refractivity contribution in [2.24, 2.45) is 5.92 Å². The van der Waals surface area contributed by atoms with Crippen LogP contribution in [-0.4, -0.2) is 29.0 Å². The molecule has 0 spiro atoms. The number of H-pyrrole nitrogens is 1. The second kappa shape index (κ2) is 9.87. The molecule has 3 aromatic rings. The molecule has 4 rings (SSSR count). The Morgan fingerprint density at radius 3 is 2.71 bits per heavy atom. The van der Waals surface area contributed by atoms with Crippen molar-refractivity contribution in [3.63, 3.8) is 0 Å². The van der Waals surface area contributed by atoms with Crippen LogP contribution in [0.15, 0.2) is 42.5 Å². The second-order valence-electron chi connectivity index (χ2n) is 6.81. The average molecular weight is 425 g/mol. The zero-order valence-electron chi connectivity index (χ0n) is 15.2. The molecule has 3 N–H and O–H groups in total. The molecule has 1 fully saturated rings. The fourth-order valence-electron chi connectivity index (χ4n) is 2.96. The van der Waals surface area contributed by atoms with Crippen molar-refractivity contribution in [3.05, 3.63) is 59.7 Å². The number of nitrogens with zero attached hydrogens (tertiary/aromatic N) is 1. The number of aromatic amines is 1. The molecule has 0 saturated heterocycles. The van der Waals surface area contributed by atoms with Gasteiger partial charge in [0.25, 0.3) is 0 Å². The number of nitrogens with one attached hydrogen (secondary N) is 3. The number of fused-ring (bicyclic) bond motifs is 1. The topological polar surface area (TPSA) is 69.8 Å². The van der Waals surface area contributed by atoms with E-state index in [-0.39, 0.29) is 36.5 Å². The summed E-state index contributed by atoms with van der Waals surface area (Å²) >= 11 is 0. The maximum atomic E-state index is 13.8. The molecule has 0 atom stereocenters. The first-order chi connectivity index (χ1) is 12.7. The van der Waals surface area contributed by atoms with E-state index in [1.807, 2.05) is 24.3 Å². The molecule has 1 aromatic heterocycles. The highest BCUT2D eigenvalue weighted by Crippen LogP contribution is 2.27. The molecule has 1 aliphatic carbocycles. The Labute approximate surface area is 175 Å². The molecule has 0 radical (unpaired) electrons. The van der Waals surface area contributed by atoms with Crippen molar-refractivity contribution >= 4 is 47.4 Å². The molecular formula is C20H23Cl2FN4O. The summed E-state index contributed by atoms with van der Waals surface area (Å²) in [7, 11) is 0. The van der Waals surface area contributed by atoms with Gasteiger partial charge in [-0.2, -0.15) is 0 Å². The Hall–Kier alpha value is -2.15. The Morgan fingerprint density at radius 2 is 1.96 bits per heavy atom. The van der Waals surface area contributed by atoms with Gasteiger partial charge in [-0.05, 0) is 55.1 Å². The maximum Gasteiger partial charge on any atom is 0.238 e. The van der Waals surface area contributed by atoms with Gasteiger partial charge in [0.2, 0.25) is 5.91 Å². The van der Waals surface area contributed by atoms with E-state index in [0.29, 0.717) is 24.4 Å². The summed E-state index contributed by atoms with van der Waals surface area (Å²) in [5, 5.41) is 6.06. The first kappa shape index (κ1) is 22.1. The Morgan fingerprint density at radius 1 is 1.18 bits per heavy atom. The highest BCUT2D eigenvalue weighted by Gasteiger charge is 2.20. The Bertz CT molecular complexity index is 943. The number of benzene rings is 2. The fourth-order valence-corrected chi connectivity index (χ4v) is 2.96. The van der Waals surface area contributed by atoms with E-state index in [0.717, 1.165) is 29.2 Å². The predicted molar refractivity (Wildman–Crippen MR) is 114 cm³/mol. The minimum atomic E-state index is -0.236. The Balaban J connectivity index is 0.00000140. The molecule has 1 heterocycles. The number of hydrogen-bond donors (Lipinski definition) is 3.